The molecule has 0 bridgehead atoms. The molecule has 0 spiro atoms. The first-order valence-electron chi connectivity index (χ1n) is 7.82. The number of carboxylic acids is 1. The fourth-order valence-corrected chi connectivity index (χ4v) is 3.44. The molecule has 1 amide bonds. The molecule has 23 heavy (non-hydrogen) atoms. The standard InChI is InChI=1S/C17H21NO5/c1-22-10-5-6-15(23-2)12(8-10)11-9-13(11)16(19)18-7-3-4-14(18)17(20)21/h5-6,8,11,13-14H,3-4,7,9H2,1-2H3,(H,20,21)/t11?,13?,14-/m1/s1. The summed E-state index contributed by atoms with van der Waals surface area (Å²) < 4.78 is 10.6. The van der Waals surface area contributed by atoms with Crippen molar-refractivity contribution in [2.45, 2.75) is 31.2 Å². The lowest BCUT2D eigenvalue weighted by atomic mass is 10.1. The molecule has 1 saturated heterocycles. The predicted molar refractivity (Wildman–Crippen MR) is 82.8 cm³/mol. The lowest BCUT2D eigenvalue weighted by molar-refractivity contribution is -0.148. The maximum atomic E-state index is 12.7. The van der Waals surface area contributed by atoms with E-state index >= 15 is 0 Å². The van der Waals surface area contributed by atoms with Gasteiger partial charge in [-0.2, -0.15) is 0 Å². The molecule has 3 rings (SSSR count). The van der Waals surface area contributed by atoms with Crippen LogP contribution in [0.15, 0.2) is 18.2 Å². The molecule has 6 nitrogen and oxygen atoms in total. The summed E-state index contributed by atoms with van der Waals surface area (Å²) in [6.45, 7) is 0.536. The Balaban J connectivity index is 1.76. The maximum Gasteiger partial charge on any atom is 0.326 e. The van der Waals surface area contributed by atoms with Crippen LogP contribution in [0.3, 0.4) is 0 Å². The van der Waals surface area contributed by atoms with E-state index in [0.29, 0.717) is 13.0 Å². The number of hydrogen-bond donors (Lipinski definition) is 1. The molecular weight excluding hydrogens is 298 g/mol. The minimum atomic E-state index is -0.910. The Morgan fingerprint density at radius 3 is 2.70 bits per heavy atom. The van der Waals surface area contributed by atoms with Crippen LogP contribution < -0.4 is 9.47 Å². The summed E-state index contributed by atoms with van der Waals surface area (Å²) >= 11 is 0. The molecule has 1 aliphatic carbocycles. The molecular formula is C17H21NO5. The van der Waals surface area contributed by atoms with E-state index in [1.165, 1.54) is 4.90 Å². The number of likely N-dealkylation sites (tertiary alicyclic amines) is 1. The fourth-order valence-electron chi connectivity index (χ4n) is 3.44. The van der Waals surface area contributed by atoms with Crippen molar-refractivity contribution in [3.63, 3.8) is 0 Å². The third-order valence-corrected chi connectivity index (χ3v) is 4.76. The van der Waals surface area contributed by atoms with Gasteiger partial charge in [-0.05, 0) is 37.5 Å². The zero-order chi connectivity index (χ0) is 16.6. The number of carbonyl (C=O) groups is 2. The van der Waals surface area contributed by atoms with Crippen LogP contribution in [0.2, 0.25) is 0 Å². The van der Waals surface area contributed by atoms with Gasteiger partial charge in [-0.3, -0.25) is 4.79 Å². The average Bonchev–Trinajstić information content (AvgIpc) is 3.20. The van der Waals surface area contributed by atoms with Crippen molar-refractivity contribution in [3.05, 3.63) is 23.8 Å². The molecule has 2 unspecified atom stereocenters. The van der Waals surface area contributed by atoms with Gasteiger partial charge in [0.15, 0.2) is 0 Å². The van der Waals surface area contributed by atoms with Gasteiger partial charge >= 0.3 is 5.97 Å². The lowest BCUT2D eigenvalue weighted by Gasteiger charge is -2.21. The second-order valence-electron chi connectivity index (χ2n) is 6.08. The highest BCUT2D eigenvalue weighted by Crippen LogP contribution is 2.52. The molecule has 1 N–H and O–H groups in total. The summed E-state index contributed by atoms with van der Waals surface area (Å²) in [5.74, 6) is 0.418. The summed E-state index contributed by atoms with van der Waals surface area (Å²) in [6, 6.07) is 4.89. The number of carboxylic acid groups (broad SMARTS) is 1. The first-order chi connectivity index (χ1) is 11.1. The monoisotopic (exact) mass is 319 g/mol. The molecule has 2 fully saturated rings. The maximum absolute atomic E-state index is 12.7. The van der Waals surface area contributed by atoms with E-state index in [9.17, 15) is 14.7 Å². The highest BCUT2D eigenvalue weighted by atomic mass is 16.5. The molecule has 1 aliphatic heterocycles. The number of hydrogen-bond acceptors (Lipinski definition) is 4. The Kier molecular flexibility index (Phi) is 4.15. The number of methoxy groups -OCH3 is 2. The molecule has 0 radical (unpaired) electrons. The largest absolute Gasteiger partial charge is 0.497 e. The van der Waals surface area contributed by atoms with Gasteiger partial charge in [0, 0.05) is 23.9 Å². The molecule has 1 heterocycles. The van der Waals surface area contributed by atoms with E-state index in [2.05, 4.69) is 0 Å². The van der Waals surface area contributed by atoms with Gasteiger partial charge in [-0.15, -0.1) is 0 Å². The minimum absolute atomic E-state index is 0.0511. The van der Waals surface area contributed by atoms with E-state index in [1.807, 2.05) is 18.2 Å². The van der Waals surface area contributed by atoms with Crippen molar-refractivity contribution in [2.24, 2.45) is 5.92 Å². The van der Waals surface area contributed by atoms with E-state index < -0.39 is 12.0 Å². The third kappa shape index (κ3) is 2.85. The van der Waals surface area contributed by atoms with Crippen molar-refractivity contribution in [1.29, 1.82) is 0 Å². The molecule has 1 saturated carbocycles. The van der Waals surface area contributed by atoms with Crippen LogP contribution in [0.25, 0.3) is 0 Å². The molecule has 0 aromatic heterocycles. The Morgan fingerprint density at radius 1 is 1.26 bits per heavy atom. The second kappa shape index (κ2) is 6.10. The van der Waals surface area contributed by atoms with Gasteiger partial charge in [-0.25, -0.2) is 4.79 Å². The minimum Gasteiger partial charge on any atom is -0.497 e. The first kappa shape index (κ1) is 15.6. The van der Waals surface area contributed by atoms with Crippen molar-refractivity contribution < 1.29 is 24.2 Å². The Labute approximate surface area is 135 Å². The summed E-state index contributed by atoms with van der Waals surface area (Å²) in [6.07, 6.45) is 2.02. The average molecular weight is 319 g/mol. The number of aliphatic carboxylic acids is 1. The molecule has 3 atom stereocenters. The van der Waals surface area contributed by atoms with Crippen LogP contribution in [0.1, 0.15) is 30.7 Å². The van der Waals surface area contributed by atoms with Crippen LogP contribution >= 0.6 is 0 Å². The van der Waals surface area contributed by atoms with Gasteiger partial charge in [-0.1, -0.05) is 0 Å². The third-order valence-electron chi connectivity index (χ3n) is 4.76. The molecule has 124 valence electrons. The number of rotatable bonds is 5. The number of benzene rings is 1. The van der Waals surface area contributed by atoms with Crippen molar-refractivity contribution >= 4 is 11.9 Å². The number of carbonyl (C=O) groups excluding carboxylic acids is 1. The fraction of sp³-hybridized carbons (Fsp3) is 0.529. The Bertz CT molecular complexity index is 629. The van der Waals surface area contributed by atoms with Crippen molar-refractivity contribution in [1.82, 2.24) is 4.90 Å². The Hall–Kier alpha value is -2.24. The predicted octanol–water partition coefficient (Wildman–Crippen LogP) is 1.88. The van der Waals surface area contributed by atoms with Crippen LogP contribution in [0, 0.1) is 5.92 Å². The van der Waals surface area contributed by atoms with Crippen LogP contribution in [-0.2, 0) is 9.59 Å². The molecule has 1 aromatic rings. The topological polar surface area (TPSA) is 76.1 Å². The van der Waals surface area contributed by atoms with Crippen LogP contribution in [0.5, 0.6) is 11.5 Å². The SMILES string of the molecule is COc1ccc(OC)c(C2CC2C(=O)N2CCC[C@@H]2C(=O)O)c1. The summed E-state index contributed by atoms with van der Waals surface area (Å²) in [4.78, 5) is 25.4. The van der Waals surface area contributed by atoms with E-state index in [1.54, 1.807) is 14.2 Å². The number of nitrogens with zero attached hydrogens (tertiary/aromatic N) is 1. The normalized spacial score (nSPS) is 26.0. The number of amides is 1. The molecule has 2 aliphatic rings. The molecule has 1 aromatic carbocycles. The highest BCUT2D eigenvalue weighted by Gasteiger charge is 2.49. The van der Waals surface area contributed by atoms with Gasteiger partial charge in [0.2, 0.25) is 5.91 Å². The van der Waals surface area contributed by atoms with Crippen LogP contribution in [0.4, 0.5) is 0 Å². The zero-order valence-electron chi connectivity index (χ0n) is 13.3. The van der Waals surface area contributed by atoms with E-state index in [-0.39, 0.29) is 17.7 Å². The Morgan fingerprint density at radius 2 is 2.04 bits per heavy atom. The van der Waals surface area contributed by atoms with Gasteiger partial charge in [0.05, 0.1) is 14.2 Å². The summed E-state index contributed by atoms with van der Waals surface area (Å²) in [7, 11) is 3.20. The first-order valence-corrected chi connectivity index (χ1v) is 7.82. The summed E-state index contributed by atoms with van der Waals surface area (Å²) in [5, 5.41) is 9.24. The summed E-state index contributed by atoms with van der Waals surface area (Å²) in [5.41, 5.74) is 0.955. The lowest BCUT2D eigenvalue weighted by Crippen LogP contribution is -2.41. The van der Waals surface area contributed by atoms with E-state index in [0.717, 1.165) is 29.9 Å². The second-order valence-corrected chi connectivity index (χ2v) is 6.08. The quantitative estimate of drug-likeness (QED) is 0.897. The van der Waals surface area contributed by atoms with Crippen LogP contribution in [-0.4, -0.2) is 48.7 Å². The van der Waals surface area contributed by atoms with Gasteiger partial charge in [0.25, 0.3) is 0 Å². The molecule has 6 heteroatoms. The number of ether oxygens (including phenoxy) is 2. The van der Waals surface area contributed by atoms with Gasteiger partial charge < -0.3 is 19.5 Å². The van der Waals surface area contributed by atoms with Crippen molar-refractivity contribution in [2.75, 3.05) is 20.8 Å². The van der Waals surface area contributed by atoms with Gasteiger partial charge in [0.1, 0.15) is 17.5 Å². The zero-order valence-corrected chi connectivity index (χ0v) is 13.3. The van der Waals surface area contributed by atoms with E-state index in [4.69, 9.17) is 9.47 Å². The highest BCUT2D eigenvalue weighted by molar-refractivity contribution is 5.88. The smallest absolute Gasteiger partial charge is 0.326 e. The van der Waals surface area contributed by atoms with Crippen molar-refractivity contribution in [3.8, 4) is 11.5 Å².